The van der Waals surface area contributed by atoms with Crippen molar-refractivity contribution in [2.45, 2.75) is 50.4 Å². The second-order valence-electron chi connectivity index (χ2n) is 8.65. The molecule has 3 heterocycles. The Morgan fingerprint density at radius 1 is 1.24 bits per heavy atom. The molecule has 0 radical (unpaired) electrons. The van der Waals surface area contributed by atoms with Gasteiger partial charge in [0.25, 0.3) is 5.16 Å². The van der Waals surface area contributed by atoms with Gasteiger partial charge < -0.3 is 19.7 Å². The highest BCUT2D eigenvalue weighted by Crippen LogP contribution is 2.34. The van der Waals surface area contributed by atoms with Crippen molar-refractivity contribution in [3.63, 3.8) is 0 Å². The molecular formula is C20H27FN6O5S. The van der Waals surface area contributed by atoms with Gasteiger partial charge in [-0.25, -0.2) is 32.6 Å². The van der Waals surface area contributed by atoms with Crippen molar-refractivity contribution >= 4 is 21.7 Å². The Morgan fingerprint density at radius 3 is 2.48 bits per heavy atom. The second kappa shape index (κ2) is 9.41. The highest BCUT2D eigenvalue weighted by atomic mass is 32.2. The molecular weight excluding hydrogens is 455 g/mol. The largest absolute Gasteiger partial charge is 0.480 e. The number of sulfone groups is 1. The molecule has 0 aromatic carbocycles. The quantitative estimate of drug-likeness (QED) is 0.632. The van der Waals surface area contributed by atoms with Crippen molar-refractivity contribution in [3.05, 3.63) is 18.2 Å². The van der Waals surface area contributed by atoms with E-state index >= 15 is 0 Å². The highest BCUT2D eigenvalue weighted by Gasteiger charge is 2.30. The molecule has 2 aromatic heterocycles. The van der Waals surface area contributed by atoms with Gasteiger partial charge in [-0.05, 0) is 33.6 Å². The van der Waals surface area contributed by atoms with Crippen molar-refractivity contribution in [3.8, 4) is 17.3 Å². The number of ether oxygens (including phenoxy) is 2. The van der Waals surface area contributed by atoms with Gasteiger partial charge in [0.2, 0.25) is 15.7 Å². The van der Waals surface area contributed by atoms with Crippen LogP contribution >= 0.6 is 0 Å². The summed E-state index contributed by atoms with van der Waals surface area (Å²) in [5.41, 5.74) is -0.450. The zero-order chi connectivity index (χ0) is 24.4. The number of anilines is 1. The Kier molecular flexibility index (Phi) is 7.00. The number of hydrogen-bond donors (Lipinski definition) is 1. The van der Waals surface area contributed by atoms with E-state index in [1.165, 1.54) is 7.11 Å². The smallest absolute Gasteiger partial charge is 0.410 e. The van der Waals surface area contributed by atoms with Crippen LogP contribution in [-0.2, 0) is 14.6 Å². The molecule has 1 aliphatic heterocycles. The van der Waals surface area contributed by atoms with Crippen LogP contribution in [0.2, 0.25) is 0 Å². The number of nitrogens with zero attached hydrogens (tertiary/aromatic N) is 5. The normalized spacial score (nSPS) is 16.9. The molecule has 1 N–H and O–H groups in total. The Morgan fingerprint density at radius 2 is 1.91 bits per heavy atom. The Bertz CT molecular complexity index is 1120. The van der Waals surface area contributed by atoms with E-state index in [2.05, 4.69) is 25.3 Å². The molecule has 11 nitrogen and oxygen atoms in total. The van der Waals surface area contributed by atoms with E-state index in [0.717, 1.165) is 18.6 Å². The monoisotopic (exact) mass is 482 g/mol. The fourth-order valence-corrected chi connectivity index (χ4v) is 3.77. The number of carbonyl (C=O) groups is 1. The van der Waals surface area contributed by atoms with Crippen molar-refractivity contribution in [2.75, 3.05) is 31.8 Å². The molecule has 180 valence electrons. The number of carbonyl (C=O) groups excluding carboxylic acids is 1. The first-order valence-corrected chi connectivity index (χ1v) is 12.1. The van der Waals surface area contributed by atoms with Gasteiger partial charge in [-0.15, -0.1) is 0 Å². The van der Waals surface area contributed by atoms with Crippen LogP contribution < -0.4 is 10.1 Å². The lowest BCUT2D eigenvalue weighted by Crippen LogP contribution is -2.47. The zero-order valence-electron chi connectivity index (χ0n) is 19.1. The summed E-state index contributed by atoms with van der Waals surface area (Å²) < 4.78 is 48.4. The fraction of sp³-hybridized carbons (Fsp3) is 0.550. The van der Waals surface area contributed by atoms with Gasteiger partial charge in [-0.3, -0.25) is 0 Å². The van der Waals surface area contributed by atoms with E-state index in [9.17, 15) is 17.6 Å². The van der Waals surface area contributed by atoms with Gasteiger partial charge in [0.15, 0.2) is 11.6 Å². The molecule has 1 atom stereocenters. The minimum Gasteiger partial charge on any atom is -0.480 e. The molecule has 0 bridgehead atoms. The Balaban J connectivity index is 1.98. The van der Waals surface area contributed by atoms with Crippen LogP contribution in [0.5, 0.6) is 5.88 Å². The van der Waals surface area contributed by atoms with Crippen LogP contribution in [0.3, 0.4) is 0 Å². The van der Waals surface area contributed by atoms with Crippen molar-refractivity contribution in [2.24, 2.45) is 0 Å². The number of halogens is 1. The van der Waals surface area contributed by atoms with Crippen LogP contribution in [0.15, 0.2) is 17.6 Å². The first kappa shape index (κ1) is 24.6. The first-order chi connectivity index (χ1) is 15.4. The molecule has 1 saturated heterocycles. The SMILES string of the molecule is COc1nc(S(C)(=O)=O)nc(NC2CCCN(C(=O)OC(C)(C)C)C2)c1-c1ncc(F)cn1. The van der Waals surface area contributed by atoms with Gasteiger partial charge in [0.05, 0.1) is 19.5 Å². The molecule has 33 heavy (non-hydrogen) atoms. The number of methoxy groups -OCH3 is 1. The van der Waals surface area contributed by atoms with Gasteiger partial charge >= 0.3 is 6.09 Å². The standard InChI is InChI=1S/C20H27FN6O5S/c1-20(2,3)32-19(28)27-8-6-7-13(11-27)24-16-14(15-22-9-12(21)10-23-15)17(31-4)26-18(25-16)33(5,29)30/h9-10,13H,6-8,11H2,1-5H3,(H,24,25,26). The molecule has 1 unspecified atom stereocenters. The molecule has 1 amide bonds. The van der Waals surface area contributed by atoms with Crippen LogP contribution in [0.25, 0.3) is 11.4 Å². The number of aromatic nitrogens is 4. The third kappa shape index (κ3) is 6.24. The summed E-state index contributed by atoms with van der Waals surface area (Å²) in [6.45, 7) is 6.21. The molecule has 13 heteroatoms. The van der Waals surface area contributed by atoms with E-state index in [0.29, 0.717) is 25.9 Å². The molecule has 0 spiro atoms. The van der Waals surface area contributed by atoms with Crippen molar-refractivity contribution in [1.29, 1.82) is 0 Å². The predicted octanol–water partition coefficient (Wildman–Crippen LogP) is 2.30. The average molecular weight is 483 g/mol. The molecule has 0 aliphatic carbocycles. The van der Waals surface area contributed by atoms with E-state index < -0.39 is 32.5 Å². The molecule has 1 aliphatic rings. The number of likely N-dealkylation sites (tertiary alicyclic amines) is 1. The number of nitrogens with one attached hydrogen (secondary N) is 1. The average Bonchev–Trinajstić information content (AvgIpc) is 2.72. The zero-order valence-corrected chi connectivity index (χ0v) is 19.9. The van der Waals surface area contributed by atoms with E-state index in [-0.39, 0.29) is 29.1 Å². The molecule has 1 fully saturated rings. The molecule has 3 rings (SSSR count). The van der Waals surface area contributed by atoms with Crippen LogP contribution in [0.4, 0.5) is 15.0 Å². The van der Waals surface area contributed by atoms with Gasteiger partial charge in [0.1, 0.15) is 17.0 Å². The minimum absolute atomic E-state index is 0.0515. The molecule has 2 aromatic rings. The summed E-state index contributed by atoms with van der Waals surface area (Å²) in [6.07, 6.45) is 3.86. The maximum absolute atomic E-state index is 13.4. The third-order valence-electron chi connectivity index (χ3n) is 4.64. The summed E-state index contributed by atoms with van der Waals surface area (Å²) in [6, 6.07) is -0.280. The van der Waals surface area contributed by atoms with Crippen LogP contribution in [-0.4, -0.2) is 77.4 Å². The number of piperidine rings is 1. The van der Waals surface area contributed by atoms with Crippen LogP contribution in [0.1, 0.15) is 33.6 Å². The lowest BCUT2D eigenvalue weighted by Gasteiger charge is -2.34. The maximum Gasteiger partial charge on any atom is 0.410 e. The number of rotatable bonds is 5. The summed E-state index contributed by atoms with van der Waals surface area (Å²) in [7, 11) is -2.46. The van der Waals surface area contributed by atoms with E-state index in [1.807, 2.05) is 0 Å². The minimum atomic E-state index is -3.78. The summed E-state index contributed by atoms with van der Waals surface area (Å²) >= 11 is 0. The van der Waals surface area contributed by atoms with E-state index in [4.69, 9.17) is 9.47 Å². The summed E-state index contributed by atoms with van der Waals surface area (Å²) in [5.74, 6) is -0.568. The predicted molar refractivity (Wildman–Crippen MR) is 117 cm³/mol. The second-order valence-corrected chi connectivity index (χ2v) is 10.6. The number of hydrogen-bond acceptors (Lipinski definition) is 10. The third-order valence-corrected chi connectivity index (χ3v) is 5.48. The van der Waals surface area contributed by atoms with Gasteiger partial charge in [-0.2, -0.15) is 4.98 Å². The Labute approximate surface area is 191 Å². The van der Waals surface area contributed by atoms with E-state index in [1.54, 1.807) is 25.7 Å². The lowest BCUT2D eigenvalue weighted by atomic mass is 10.1. The Hall–Kier alpha value is -3.09. The maximum atomic E-state index is 13.4. The number of amides is 1. The molecule has 0 saturated carbocycles. The van der Waals surface area contributed by atoms with Crippen LogP contribution in [0, 0.1) is 5.82 Å². The summed E-state index contributed by atoms with van der Waals surface area (Å²) in [5, 5.41) is 2.73. The lowest BCUT2D eigenvalue weighted by molar-refractivity contribution is 0.0206. The summed E-state index contributed by atoms with van der Waals surface area (Å²) in [4.78, 5) is 30.2. The topological polar surface area (TPSA) is 136 Å². The van der Waals surface area contributed by atoms with Crippen molar-refractivity contribution in [1.82, 2.24) is 24.8 Å². The van der Waals surface area contributed by atoms with Gasteiger partial charge in [0, 0.05) is 25.4 Å². The first-order valence-electron chi connectivity index (χ1n) is 10.3. The van der Waals surface area contributed by atoms with Gasteiger partial charge in [-0.1, -0.05) is 0 Å². The highest BCUT2D eigenvalue weighted by molar-refractivity contribution is 7.90. The fourth-order valence-electron chi connectivity index (χ4n) is 3.26. The van der Waals surface area contributed by atoms with Crippen molar-refractivity contribution < 1.29 is 27.1 Å².